The first-order chi connectivity index (χ1) is 15.2. The van der Waals surface area contributed by atoms with Gasteiger partial charge in [-0.2, -0.15) is 0 Å². The van der Waals surface area contributed by atoms with Gasteiger partial charge in [-0.25, -0.2) is 9.97 Å². The maximum Gasteiger partial charge on any atom is 0.255 e. The van der Waals surface area contributed by atoms with E-state index in [1.807, 2.05) is 45.0 Å². The summed E-state index contributed by atoms with van der Waals surface area (Å²) in [6.45, 7) is 7.42. The molecule has 0 atom stereocenters. The molecule has 0 bridgehead atoms. The molecule has 3 heterocycles. The van der Waals surface area contributed by atoms with Crippen LogP contribution in [-0.4, -0.2) is 32.3 Å². The zero-order valence-electron chi connectivity index (χ0n) is 18.6. The number of amides is 1. The zero-order chi connectivity index (χ0) is 22.9. The summed E-state index contributed by atoms with van der Waals surface area (Å²) in [7, 11) is 0. The van der Waals surface area contributed by atoms with Gasteiger partial charge < -0.3 is 16.0 Å². The molecule has 0 saturated heterocycles. The van der Waals surface area contributed by atoms with Gasteiger partial charge in [0.1, 0.15) is 11.6 Å². The normalized spacial score (nSPS) is 14.1. The van der Waals surface area contributed by atoms with E-state index in [-0.39, 0.29) is 11.5 Å². The molecule has 1 aromatic carbocycles. The van der Waals surface area contributed by atoms with Crippen molar-refractivity contribution in [3.8, 4) is 11.4 Å². The Hall–Kier alpha value is -3.52. The molecule has 2 aromatic heterocycles. The standard InChI is InChI=1S/C24H28N6O2/c1-24(2,3)23(32)29-20-16(5-4-11-26-20)13-30-12-10-19-18(14-30)22(31)28-21(27-19)15-6-8-17(25)9-7-15/h4-9,11H,10,12-14,25H2,1-3H3,(H,26,29,32)(H,27,28,31). The van der Waals surface area contributed by atoms with Crippen LogP contribution in [0.5, 0.6) is 0 Å². The fourth-order valence-electron chi connectivity index (χ4n) is 3.61. The molecule has 8 nitrogen and oxygen atoms in total. The number of hydrogen-bond donors (Lipinski definition) is 3. The van der Waals surface area contributed by atoms with Crippen molar-refractivity contribution in [3.05, 3.63) is 69.8 Å². The number of aromatic nitrogens is 3. The molecule has 0 saturated carbocycles. The lowest BCUT2D eigenvalue weighted by molar-refractivity contribution is -0.123. The summed E-state index contributed by atoms with van der Waals surface area (Å²) in [5.74, 6) is 1.03. The van der Waals surface area contributed by atoms with Gasteiger partial charge in [0.15, 0.2) is 0 Å². The van der Waals surface area contributed by atoms with E-state index in [4.69, 9.17) is 10.7 Å². The van der Waals surface area contributed by atoms with Crippen LogP contribution in [0.25, 0.3) is 11.4 Å². The average molecular weight is 433 g/mol. The van der Waals surface area contributed by atoms with Crippen LogP contribution >= 0.6 is 0 Å². The summed E-state index contributed by atoms with van der Waals surface area (Å²) < 4.78 is 0. The minimum atomic E-state index is -0.514. The first-order valence-electron chi connectivity index (χ1n) is 10.7. The molecule has 0 aliphatic carbocycles. The first-order valence-corrected chi connectivity index (χ1v) is 10.7. The van der Waals surface area contributed by atoms with Crippen molar-refractivity contribution in [2.45, 2.75) is 40.3 Å². The number of nitrogens with zero attached hydrogens (tertiary/aromatic N) is 3. The minimum Gasteiger partial charge on any atom is -0.399 e. The lowest BCUT2D eigenvalue weighted by Crippen LogP contribution is -2.36. The molecule has 3 aromatic rings. The van der Waals surface area contributed by atoms with Crippen LogP contribution in [0.2, 0.25) is 0 Å². The number of aromatic amines is 1. The van der Waals surface area contributed by atoms with Gasteiger partial charge >= 0.3 is 0 Å². The van der Waals surface area contributed by atoms with Crippen LogP contribution < -0.4 is 16.6 Å². The Morgan fingerprint density at radius 2 is 1.97 bits per heavy atom. The molecule has 1 amide bonds. The zero-order valence-corrected chi connectivity index (χ0v) is 18.6. The van der Waals surface area contributed by atoms with E-state index in [1.165, 1.54) is 0 Å². The van der Waals surface area contributed by atoms with Crippen molar-refractivity contribution in [2.24, 2.45) is 5.41 Å². The number of carbonyl (C=O) groups is 1. The molecule has 1 aliphatic rings. The Balaban J connectivity index is 1.53. The lowest BCUT2D eigenvalue weighted by atomic mass is 9.95. The van der Waals surface area contributed by atoms with Crippen molar-refractivity contribution in [1.29, 1.82) is 0 Å². The van der Waals surface area contributed by atoms with Crippen LogP contribution in [0.1, 0.15) is 37.6 Å². The lowest BCUT2D eigenvalue weighted by Gasteiger charge is -2.28. The van der Waals surface area contributed by atoms with Gasteiger partial charge in [-0.3, -0.25) is 14.5 Å². The van der Waals surface area contributed by atoms with Crippen molar-refractivity contribution < 1.29 is 4.79 Å². The van der Waals surface area contributed by atoms with Gasteiger partial charge in [0.05, 0.1) is 11.3 Å². The molecule has 0 unspecified atom stereocenters. The fraction of sp³-hybridized carbons (Fsp3) is 0.333. The summed E-state index contributed by atoms with van der Waals surface area (Å²) >= 11 is 0. The smallest absolute Gasteiger partial charge is 0.255 e. The van der Waals surface area contributed by atoms with E-state index in [9.17, 15) is 9.59 Å². The van der Waals surface area contributed by atoms with Gasteiger partial charge in [-0.15, -0.1) is 0 Å². The van der Waals surface area contributed by atoms with E-state index in [0.717, 1.165) is 23.4 Å². The van der Waals surface area contributed by atoms with Crippen molar-refractivity contribution in [3.63, 3.8) is 0 Å². The third kappa shape index (κ3) is 4.70. The maximum absolute atomic E-state index is 12.8. The molecule has 1 aliphatic heterocycles. The summed E-state index contributed by atoms with van der Waals surface area (Å²) in [4.78, 5) is 39.4. The molecule has 0 spiro atoms. The number of nitrogens with two attached hydrogens (primary N) is 1. The summed E-state index contributed by atoms with van der Waals surface area (Å²) in [5, 5.41) is 2.93. The Morgan fingerprint density at radius 3 is 2.69 bits per heavy atom. The number of H-pyrrole nitrogens is 1. The molecule has 4 rings (SSSR count). The molecule has 0 fully saturated rings. The molecule has 8 heteroatoms. The van der Waals surface area contributed by atoms with Crippen molar-refractivity contribution >= 4 is 17.4 Å². The van der Waals surface area contributed by atoms with E-state index < -0.39 is 5.41 Å². The highest BCUT2D eigenvalue weighted by Gasteiger charge is 2.25. The molecular formula is C24H28N6O2. The highest BCUT2D eigenvalue weighted by Crippen LogP contribution is 2.23. The van der Waals surface area contributed by atoms with Gasteiger partial charge in [-0.1, -0.05) is 26.8 Å². The highest BCUT2D eigenvalue weighted by molar-refractivity contribution is 5.94. The summed E-state index contributed by atoms with van der Waals surface area (Å²) in [6.07, 6.45) is 2.34. The quantitative estimate of drug-likeness (QED) is 0.546. The molecule has 32 heavy (non-hydrogen) atoms. The van der Waals surface area contributed by atoms with E-state index in [1.54, 1.807) is 18.3 Å². The molecule has 166 valence electrons. The van der Waals surface area contributed by atoms with Crippen LogP contribution in [0, 0.1) is 5.41 Å². The van der Waals surface area contributed by atoms with Crippen LogP contribution in [0.15, 0.2) is 47.4 Å². The van der Waals surface area contributed by atoms with Crippen molar-refractivity contribution in [1.82, 2.24) is 19.9 Å². The van der Waals surface area contributed by atoms with E-state index in [0.29, 0.717) is 42.4 Å². The van der Waals surface area contributed by atoms with Crippen molar-refractivity contribution in [2.75, 3.05) is 17.6 Å². The largest absolute Gasteiger partial charge is 0.399 e. The predicted octanol–water partition coefficient (Wildman–Crippen LogP) is 2.96. The Labute approximate surface area is 186 Å². The summed E-state index contributed by atoms with van der Waals surface area (Å²) in [6, 6.07) is 11.1. The number of fused-ring (bicyclic) bond motifs is 1. The topological polar surface area (TPSA) is 117 Å². The Kier molecular flexibility index (Phi) is 5.80. The predicted molar refractivity (Wildman–Crippen MR) is 125 cm³/mol. The van der Waals surface area contributed by atoms with Crippen LogP contribution in [0.4, 0.5) is 11.5 Å². The number of carbonyl (C=O) groups excluding carboxylic acids is 1. The van der Waals surface area contributed by atoms with Gasteiger partial charge in [-0.05, 0) is 30.3 Å². The van der Waals surface area contributed by atoms with Crippen LogP contribution in [-0.2, 0) is 24.3 Å². The minimum absolute atomic E-state index is 0.0859. The number of benzene rings is 1. The van der Waals surface area contributed by atoms with Gasteiger partial charge in [0.2, 0.25) is 5.91 Å². The number of nitrogens with one attached hydrogen (secondary N) is 2. The molecule has 4 N–H and O–H groups in total. The third-order valence-corrected chi connectivity index (χ3v) is 5.53. The second kappa shape index (κ2) is 8.55. The third-order valence-electron chi connectivity index (χ3n) is 5.53. The van der Waals surface area contributed by atoms with Crippen LogP contribution in [0.3, 0.4) is 0 Å². The summed E-state index contributed by atoms with van der Waals surface area (Å²) in [5.41, 5.74) is 9.03. The SMILES string of the molecule is CC(C)(C)C(=O)Nc1ncccc1CN1CCc2nc(-c3ccc(N)cc3)[nH]c(=O)c2C1. The Bertz CT molecular complexity index is 1190. The number of nitrogen functional groups attached to an aromatic ring is 1. The maximum atomic E-state index is 12.8. The second-order valence-electron chi connectivity index (χ2n) is 9.14. The van der Waals surface area contributed by atoms with E-state index in [2.05, 4.69) is 20.2 Å². The first kappa shape index (κ1) is 21.7. The molecular weight excluding hydrogens is 404 g/mol. The number of pyridine rings is 1. The average Bonchev–Trinajstić information content (AvgIpc) is 2.75. The van der Waals surface area contributed by atoms with Gasteiger partial charge in [0.25, 0.3) is 5.56 Å². The fourth-order valence-corrected chi connectivity index (χ4v) is 3.61. The number of hydrogen-bond acceptors (Lipinski definition) is 6. The Morgan fingerprint density at radius 1 is 1.22 bits per heavy atom. The number of anilines is 2. The monoisotopic (exact) mass is 432 g/mol. The second-order valence-corrected chi connectivity index (χ2v) is 9.14. The molecule has 0 radical (unpaired) electrons. The number of rotatable bonds is 4. The highest BCUT2D eigenvalue weighted by atomic mass is 16.2. The van der Waals surface area contributed by atoms with E-state index >= 15 is 0 Å². The van der Waals surface area contributed by atoms with Gasteiger partial charge in [0, 0.05) is 54.5 Å².